The summed E-state index contributed by atoms with van der Waals surface area (Å²) in [6, 6.07) is 6.04. The van der Waals surface area contributed by atoms with Crippen molar-refractivity contribution in [2.45, 2.75) is 13.3 Å². The van der Waals surface area contributed by atoms with Crippen molar-refractivity contribution in [2.24, 2.45) is 5.41 Å². The first-order valence-corrected chi connectivity index (χ1v) is 5.69. The molecule has 0 unspecified atom stereocenters. The van der Waals surface area contributed by atoms with Crippen LogP contribution in [0.15, 0.2) is 24.3 Å². The van der Waals surface area contributed by atoms with E-state index in [9.17, 15) is 4.79 Å². The molecule has 1 fully saturated rings. The van der Waals surface area contributed by atoms with Gasteiger partial charge in [-0.1, -0.05) is 6.92 Å². The molecule has 1 saturated heterocycles. The second-order valence-corrected chi connectivity index (χ2v) is 4.47. The Morgan fingerprint density at radius 1 is 1.41 bits per heavy atom. The molecule has 1 aliphatic rings. The van der Waals surface area contributed by atoms with E-state index >= 15 is 0 Å². The minimum Gasteiger partial charge on any atom is -0.508 e. The molecule has 1 aliphatic heterocycles. The molecule has 4 heteroatoms. The smallest absolute Gasteiger partial charge is 0.338 e. The maximum atomic E-state index is 11.7. The van der Waals surface area contributed by atoms with E-state index in [0.717, 1.165) is 6.42 Å². The van der Waals surface area contributed by atoms with Crippen LogP contribution in [0.1, 0.15) is 23.7 Å². The molecule has 0 aliphatic carbocycles. The Morgan fingerprint density at radius 3 is 2.53 bits per heavy atom. The van der Waals surface area contributed by atoms with Crippen LogP contribution in [-0.2, 0) is 9.47 Å². The summed E-state index contributed by atoms with van der Waals surface area (Å²) in [7, 11) is 0. The molecule has 0 aromatic heterocycles. The lowest BCUT2D eigenvalue weighted by Crippen LogP contribution is -2.46. The molecule has 0 saturated carbocycles. The fraction of sp³-hybridized carbons (Fsp3) is 0.462. The number of esters is 1. The highest BCUT2D eigenvalue weighted by Crippen LogP contribution is 2.31. The normalized spacial score (nSPS) is 17.2. The average molecular weight is 236 g/mol. The van der Waals surface area contributed by atoms with Crippen LogP contribution in [0.4, 0.5) is 0 Å². The molecule has 0 bridgehead atoms. The van der Waals surface area contributed by atoms with E-state index in [4.69, 9.17) is 14.6 Å². The molecular weight excluding hydrogens is 220 g/mol. The third kappa shape index (κ3) is 2.58. The number of hydrogen-bond donors (Lipinski definition) is 1. The lowest BCUT2D eigenvalue weighted by Gasteiger charge is -2.39. The van der Waals surface area contributed by atoms with Crippen LogP contribution >= 0.6 is 0 Å². The standard InChI is InChI=1S/C13H16O4/c1-2-13(7-16-8-13)9-17-12(15)10-3-5-11(14)6-4-10/h3-6,14H,2,7-9H2,1H3. The quantitative estimate of drug-likeness (QED) is 0.812. The third-order valence-electron chi connectivity index (χ3n) is 3.18. The molecule has 0 atom stereocenters. The minimum absolute atomic E-state index is 0.00653. The highest BCUT2D eigenvalue weighted by atomic mass is 16.5. The second-order valence-electron chi connectivity index (χ2n) is 4.47. The summed E-state index contributed by atoms with van der Waals surface area (Å²) in [6.45, 7) is 3.78. The lowest BCUT2D eigenvalue weighted by atomic mass is 9.84. The van der Waals surface area contributed by atoms with Gasteiger partial charge >= 0.3 is 5.97 Å². The summed E-state index contributed by atoms with van der Waals surface area (Å²) in [5.41, 5.74) is 0.460. The van der Waals surface area contributed by atoms with Gasteiger partial charge in [-0.2, -0.15) is 0 Å². The number of carbonyl (C=O) groups is 1. The molecule has 17 heavy (non-hydrogen) atoms. The van der Waals surface area contributed by atoms with Crippen molar-refractivity contribution in [1.82, 2.24) is 0 Å². The van der Waals surface area contributed by atoms with Crippen molar-refractivity contribution in [3.05, 3.63) is 29.8 Å². The molecule has 0 radical (unpaired) electrons. The van der Waals surface area contributed by atoms with Crippen molar-refractivity contribution >= 4 is 5.97 Å². The van der Waals surface area contributed by atoms with Crippen molar-refractivity contribution < 1.29 is 19.4 Å². The van der Waals surface area contributed by atoms with E-state index in [1.165, 1.54) is 12.1 Å². The van der Waals surface area contributed by atoms with Gasteiger partial charge in [0.05, 0.1) is 24.2 Å². The molecule has 1 heterocycles. The van der Waals surface area contributed by atoms with Crippen molar-refractivity contribution in [3.8, 4) is 5.75 Å². The van der Waals surface area contributed by atoms with Crippen LogP contribution in [0, 0.1) is 5.41 Å². The van der Waals surface area contributed by atoms with E-state index in [2.05, 4.69) is 6.92 Å². The predicted molar refractivity (Wildman–Crippen MR) is 61.9 cm³/mol. The number of carbonyl (C=O) groups excluding carboxylic acids is 1. The molecule has 0 spiro atoms. The number of phenols is 1. The van der Waals surface area contributed by atoms with E-state index in [0.29, 0.717) is 25.4 Å². The molecule has 2 rings (SSSR count). The summed E-state index contributed by atoms with van der Waals surface area (Å²) in [4.78, 5) is 11.7. The van der Waals surface area contributed by atoms with Gasteiger partial charge in [0.15, 0.2) is 0 Å². The first-order valence-electron chi connectivity index (χ1n) is 5.69. The first kappa shape index (κ1) is 11.9. The van der Waals surface area contributed by atoms with Crippen LogP contribution in [0.2, 0.25) is 0 Å². The predicted octanol–water partition coefficient (Wildman–Crippen LogP) is 1.98. The number of aromatic hydroxyl groups is 1. The van der Waals surface area contributed by atoms with Gasteiger partial charge in [-0.05, 0) is 30.7 Å². The summed E-state index contributed by atoms with van der Waals surface area (Å²) in [5, 5.41) is 9.11. The third-order valence-corrected chi connectivity index (χ3v) is 3.18. The van der Waals surface area contributed by atoms with Gasteiger partial charge in [-0.25, -0.2) is 4.79 Å². The minimum atomic E-state index is -0.357. The molecular formula is C13H16O4. The van der Waals surface area contributed by atoms with Gasteiger partial charge < -0.3 is 14.6 Å². The number of benzene rings is 1. The summed E-state index contributed by atoms with van der Waals surface area (Å²) in [5.74, 6) is -0.219. The van der Waals surface area contributed by atoms with Gasteiger partial charge in [0.1, 0.15) is 12.4 Å². The molecule has 1 aromatic carbocycles. The number of hydrogen-bond acceptors (Lipinski definition) is 4. The van der Waals surface area contributed by atoms with E-state index in [-0.39, 0.29) is 17.1 Å². The van der Waals surface area contributed by atoms with Crippen LogP contribution in [0.25, 0.3) is 0 Å². The van der Waals surface area contributed by atoms with E-state index in [1.807, 2.05) is 0 Å². The summed E-state index contributed by atoms with van der Waals surface area (Å²) in [6.07, 6.45) is 0.940. The molecule has 4 nitrogen and oxygen atoms in total. The lowest BCUT2D eigenvalue weighted by molar-refractivity contribution is -0.140. The molecule has 1 aromatic rings. The zero-order chi connectivity index (χ0) is 12.3. The zero-order valence-electron chi connectivity index (χ0n) is 9.81. The Hall–Kier alpha value is -1.55. The summed E-state index contributed by atoms with van der Waals surface area (Å²) < 4.78 is 10.4. The first-order chi connectivity index (χ1) is 8.15. The summed E-state index contributed by atoms with van der Waals surface area (Å²) >= 11 is 0. The Kier molecular flexibility index (Phi) is 3.33. The Labute approximate surface area is 100 Å². The fourth-order valence-electron chi connectivity index (χ4n) is 1.68. The second kappa shape index (κ2) is 4.75. The average Bonchev–Trinajstić information content (AvgIpc) is 2.29. The highest BCUT2D eigenvalue weighted by Gasteiger charge is 2.38. The van der Waals surface area contributed by atoms with Gasteiger partial charge in [0.25, 0.3) is 0 Å². The van der Waals surface area contributed by atoms with E-state index < -0.39 is 0 Å². The maximum Gasteiger partial charge on any atom is 0.338 e. The van der Waals surface area contributed by atoms with Gasteiger partial charge in [-0.3, -0.25) is 0 Å². The largest absolute Gasteiger partial charge is 0.508 e. The van der Waals surface area contributed by atoms with Crippen molar-refractivity contribution in [3.63, 3.8) is 0 Å². The van der Waals surface area contributed by atoms with E-state index in [1.54, 1.807) is 12.1 Å². The van der Waals surface area contributed by atoms with Crippen molar-refractivity contribution in [2.75, 3.05) is 19.8 Å². The molecule has 0 amide bonds. The number of rotatable bonds is 4. The number of ether oxygens (including phenoxy) is 2. The molecule has 1 N–H and O–H groups in total. The molecule has 92 valence electrons. The van der Waals surface area contributed by atoms with Gasteiger partial charge in [0.2, 0.25) is 0 Å². The zero-order valence-corrected chi connectivity index (χ0v) is 9.81. The maximum absolute atomic E-state index is 11.7. The highest BCUT2D eigenvalue weighted by molar-refractivity contribution is 5.89. The van der Waals surface area contributed by atoms with Gasteiger partial charge in [0, 0.05) is 0 Å². The van der Waals surface area contributed by atoms with Crippen LogP contribution < -0.4 is 0 Å². The van der Waals surface area contributed by atoms with Crippen LogP contribution in [0.5, 0.6) is 5.75 Å². The fourth-order valence-corrected chi connectivity index (χ4v) is 1.68. The van der Waals surface area contributed by atoms with Crippen molar-refractivity contribution in [1.29, 1.82) is 0 Å². The Bertz CT molecular complexity index is 387. The Balaban J connectivity index is 1.91. The topological polar surface area (TPSA) is 55.8 Å². The SMILES string of the molecule is CCC1(COC(=O)c2ccc(O)cc2)COC1. The van der Waals surface area contributed by atoms with Gasteiger partial charge in [-0.15, -0.1) is 0 Å². The Morgan fingerprint density at radius 2 is 2.06 bits per heavy atom. The monoisotopic (exact) mass is 236 g/mol. The number of phenolic OH excluding ortho intramolecular Hbond substituents is 1. The van der Waals surface area contributed by atoms with Crippen LogP contribution in [-0.4, -0.2) is 30.9 Å². The van der Waals surface area contributed by atoms with Crippen LogP contribution in [0.3, 0.4) is 0 Å².